The SMILES string of the molecule is CC1=C(Oc2c(Br)cc(C)cc2C(C)(C)C)C(=O)c2ccccc2C1=O. The maximum absolute atomic E-state index is 13.0. The molecule has 134 valence electrons. The van der Waals surface area contributed by atoms with E-state index in [9.17, 15) is 9.59 Å². The third kappa shape index (κ3) is 3.14. The molecule has 0 saturated heterocycles. The first kappa shape index (κ1) is 18.6. The van der Waals surface area contributed by atoms with E-state index in [-0.39, 0.29) is 22.7 Å². The van der Waals surface area contributed by atoms with Crippen LogP contribution in [-0.2, 0) is 5.41 Å². The second kappa shape index (κ2) is 6.51. The number of fused-ring (bicyclic) bond motifs is 1. The molecule has 2 aromatic rings. The summed E-state index contributed by atoms with van der Waals surface area (Å²) in [6.07, 6.45) is 0. The molecule has 0 unspecified atom stereocenters. The number of allylic oxidation sites excluding steroid dienone is 2. The summed E-state index contributed by atoms with van der Waals surface area (Å²) in [6, 6.07) is 10.9. The fourth-order valence-corrected chi connectivity index (χ4v) is 3.75. The summed E-state index contributed by atoms with van der Waals surface area (Å²) in [4.78, 5) is 25.6. The Morgan fingerprint density at radius 1 is 0.923 bits per heavy atom. The van der Waals surface area contributed by atoms with Gasteiger partial charge in [0.2, 0.25) is 5.78 Å². The summed E-state index contributed by atoms with van der Waals surface area (Å²) in [5.74, 6) is 0.252. The largest absolute Gasteiger partial charge is 0.451 e. The summed E-state index contributed by atoms with van der Waals surface area (Å²) >= 11 is 3.56. The summed E-state index contributed by atoms with van der Waals surface area (Å²) in [5.41, 5.74) is 3.04. The number of rotatable bonds is 2. The zero-order chi connectivity index (χ0) is 19.2. The molecule has 4 heteroatoms. The maximum atomic E-state index is 13.0. The van der Waals surface area contributed by atoms with Crippen LogP contribution >= 0.6 is 15.9 Å². The number of ketones is 2. The van der Waals surface area contributed by atoms with Gasteiger partial charge in [-0.1, -0.05) is 51.1 Å². The van der Waals surface area contributed by atoms with E-state index in [0.717, 1.165) is 15.6 Å². The van der Waals surface area contributed by atoms with Crippen LogP contribution in [0.4, 0.5) is 0 Å². The summed E-state index contributed by atoms with van der Waals surface area (Å²) in [7, 11) is 0. The van der Waals surface area contributed by atoms with Gasteiger partial charge in [-0.25, -0.2) is 0 Å². The lowest BCUT2D eigenvalue weighted by Gasteiger charge is -2.26. The van der Waals surface area contributed by atoms with Gasteiger partial charge in [-0.15, -0.1) is 0 Å². The highest BCUT2D eigenvalue weighted by Gasteiger charge is 2.33. The molecule has 3 rings (SSSR count). The molecule has 0 atom stereocenters. The number of ether oxygens (including phenoxy) is 1. The number of hydrogen-bond acceptors (Lipinski definition) is 3. The van der Waals surface area contributed by atoms with Gasteiger partial charge in [0.1, 0.15) is 5.75 Å². The third-order valence-corrected chi connectivity index (χ3v) is 5.09. The van der Waals surface area contributed by atoms with Crippen molar-refractivity contribution in [2.24, 2.45) is 0 Å². The standard InChI is InChI=1S/C22H21BrO3/c1-12-10-16(22(3,4)5)21(17(23)11-12)26-20-13(2)18(24)14-8-6-7-9-15(14)19(20)25/h6-11H,1-5H3. The summed E-state index contributed by atoms with van der Waals surface area (Å²) in [5, 5.41) is 0. The van der Waals surface area contributed by atoms with Crippen LogP contribution in [0.2, 0.25) is 0 Å². The maximum Gasteiger partial charge on any atom is 0.229 e. The van der Waals surface area contributed by atoms with Crippen molar-refractivity contribution in [2.45, 2.75) is 40.0 Å². The van der Waals surface area contributed by atoms with E-state index < -0.39 is 0 Å². The van der Waals surface area contributed by atoms with Crippen LogP contribution in [-0.4, -0.2) is 11.6 Å². The quantitative estimate of drug-likeness (QED) is 0.626. The Hall–Kier alpha value is -2.20. The minimum absolute atomic E-state index is 0.101. The van der Waals surface area contributed by atoms with Gasteiger partial charge >= 0.3 is 0 Å². The molecule has 0 aliphatic heterocycles. The lowest BCUT2D eigenvalue weighted by Crippen LogP contribution is -2.25. The summed E-state index contributed by atoms with van der Waals surface area (Å²) in [6.45, 7) is 9.92. The first-order chi connectivity index (χ1) is 12.1. The molecule has 3 nitrogen and oxygen atoms in total. The molecular formula is C22H21BrO3. The van der Waals surface area contributed by atoms with Gasteiger partial charge in [-0.2, -0.15) is 0 Å². The molecule has 0 saturated carbocycles. The molecule has 26 heavy (non-hydrogen) atoms. The predicted molar refractivity (Wildman–Crippen MR) is 106 cm³/mol. The van der Waals surface area contributed by atoms with Gasteiger partial charge in [0.05, 0.1) is 4.47 Å². The van der Waals surface area contributed by atoms with Crippen LogP contribution in [0.25, 0.3) is 0 Å². The van der Waals surface area contributed by atoms with Crippen LogP contribution in [0, 0.1) is 6.92 Å². The monoisotopic (exact) mass is 412 g/mol. The van der Waals surface area contributed by atoms with Gasteiger partial charge in [-0.3, -0.25) is 9.59 Å². The molecule has 0 aromatic heterocycles. The van der Waals surface area contributed by atoms with Crippen LogP contribution in [0.15, 0.2) is 52.2 Å². The Balaban J connectivity index is 2.15. The van der Waals surface area contributed by atoms with E-state index in [1.165, 1.54) is 0 Å². The predicted octanol–water partition coefficient (Wildman–Crippen LogP) is 5.79. The van der Waals surface area contributed by atoms with E-state index in [1.54, 1.807) is 31.2 Å². The molecule has 0 spiro atoms. The van der Waals surface area contributed by atoms with E-state index >= 15 is 0 Å². The van der Waals surface area contributed by atoms with Crippen molar-refractivity contribution in [3.8, 4) is 5.75 Å². The topological polar surface area (TPSA) is 43.4 Å². The minimum Gasteiger partial charge on any atom is -0.451 e. The zero-order valence-corrected chi connectivity index (χ0v) is 17.2. The van der Waals surface area contributed by atoms with Crippen molar-refractivity contribution >= 4 is 27.5 Å². The van der Waals surface area contributed by atoms with E-state index in [0.29, 0.717) is 22.4 Å². The highest BCUT2D eigenvalue weighted by Crippen LogP contribution is 2.40. The van der Waals surface area contributed by atoms with Crippen molar-refractivity contribution in [3.05, 3.63) is 74.5 Å². The Bertz CT molecular complexity index is 962. The highest BCUT2D eigenvalue weighted by atomic mass is 79.9. The summed E-state index contributed by atoms with van der Waals surface area (Å²) < 4.78 is 6.88. The van der Waals surface area contributed by atoms with Crippen molar-refractivity contribution in [3.63, 3.8) is 0 Å². The molecule has 0 radical (unpaired) electrons. The average molecular weight is 413 g/mol. The molecule has 0 amide bonds. The Kier molecular flexibility index (Phi) is 4.65. The lowest BCUT2D eigenvalue weighted by molar-refractivity contribution is 0.0936. The molecular weight excluding hydrogens is 392 g/mol. The van der Waals surface area contributed by atoms with Crippen LogP contribution in [0.1, 0.15) is 59.5 Å². The van der Waals surface area contributed by atoms with Crippen LogP contribution in [0.5, 0.6) is 5.75 Å². The molecule has 0 bridgehead atoms. The molecule has 0 fully saturated rings. The van der Waals surface area contributed by atoms with Gasteiger partial charge in [0, 0.05) is 22.3 Å². The van der Waals surface area contributed by atoms with E-state index in [1.807, 2.05) is 13.0 Å². The van der Waals surface area contributed by atoms with Gasteiger partial charge in [0.15, 0.2) is 11.5 Å². The van der Waals surface area contributed by atoms with Gasteiger partial charge in [0.25, 0.3) is 0 Å². The molecule has 1 aliphatic rings. The molecule has 2 aromatic carbocycles. The van der Waals surface area contributed by atoms with Crippen molar-refractivity contribution in [1.29, 1.82) is 0 Å². The van der Waals surface area contributed by atoms with Crippen LogP contribution in [0.3, 0.4) is 0 Å². The first-order valence-corrected chi connectivity index (χ1v) is 9.28. The first-order valence-electron chi connectivity index (χ1n) is 8.49. The number of hydrogen-bond donors (Lipinski definition) is 0. The number of benzene rings is 2. The number of aryl methyl sites for hydroxylation is 1. The van der Waals surface area contributed by atoms with Crippen molar-refractivity contribution in [2.75, 3.05) is 0 Å². The van der Waals surface area contributed by atoms with Gasteiger partial charge in [-0.05, 0) is 46.8 Å². The van der Waals surface area contributed by atoms with Crippen molar-refractivity contribution < 1.29 is 14.3 Å². The molecule has 1 aliphatic carbocycles. The Morgan fingerprint density at radius 3 is 2.08 bits per heavy atom. The zero-order valence-electron chi connectivity index (χ0n) is 15.6. The highest BCUT2D eigenvalue weighted by molar-refractivity contribution is 9.10. The molecule has 0 heterocycles. The fourth-order valence-electron chi connectivity index (χ4n) is 3.09. The lowest BCUT2D eigenvalue weighted by atomic mass is 9.85. The number of Topliss-reactive ketones (excluding diaryl/α,β-unsaturated/α-hetero) is 2. The normalized spacial score (nSPS) is 14.5. The Labute approximate surface area is 162 Å². The van der Waals surface area contributed by atoms with E-state index in [4.69, 9.17) is 4.74 Å². The second-order valence-corrected chi connectivity index (χ2v) is 8.49. The second-order valence-electron chi connectivity index (χ2n) is 7.63. The Morgan fingerprint density at radius 2 is 1.50 bits per heavy atom. The fraction of sp³-hybridized carbons (Fsp3) is 0.273. The van der Waals surface area contributed by atoms with E-state index in [2.05, 4.69) is 42.8 Å². The smallest absolute Gasteiger partial charge is 0.229 e. The van der Waals surface area contributed by atoms with Gasteiger partial charge < -0.3 is 4.74 Å². The minimum atomic E-state index is -0.259. The number of carbonyl (C=O) groups is 2. The van der Waals surface area contributed by atoms with Crippen LogP contribution < -0.4 is 4.74 Å². The average Bonchev–Trinajstić information content (AvgIpc) is 2.57. The van der Waals surface area contributed by atoms with Crippen molar-refractivity contribution in [1.82, 2.24) is 0 Å². The number of carbonyl (C=O) groups excluding carboxylic acids is 2. The third-order valence-electron chi connectivity index (χ3n) is 4.50. The number of halogens is 1. The molecule has 0 N–H and O–H groups in total.